The first-order valence-corrected chi connectivity index (χ1v) is 9.48. The average Bonchev–Trinajstić information content (AvgIpc) is 3.32. The minimum atomic E-state index is -0.410. The number of ether oxygens (including phenoxy) is 1. The van der Waals surface area contributed by atoms with E-state index in [1.165, 1.54) is 11.6 Å². The Hall–Kier alpha value is -4.07. The normalized spacial score (nSPS) is 11.4. The molecule has 0 N–H and O–H groups in total. The first kappa shape index (κ1) is 18.0. The third kappa shape index (κ3) is 2.65. The first-order valence-electron chi connectivity index (χ1n) is 9.48. The Kier molecular flexibility index (Phi) is 4.06. The molecule has 0 radical (unpaired) electrons. The van der Waals surface area contributed by atoms with Gasteiger partial charge in [-0.1, -0.05) is 36.4 Å². The van der Waals surface area contributed by atoms with Crippen LogP contribution in [0.15, 0.2) is 76.4 Å². The van der Waals surface area contributed by atoms with Crippen molar-refractivity contribution < 1.29 is 4.74 Å². The summed E-state index contributed by atoms with van der Waals surface area (Å²) in [6.45, 7) is 0.288. The van der Waals surface area contributed by atoms with E-state index in [4.69, 9.17) is 4.74 Å². The van der Waals surface area contributed by atoms with Crippen LogP contribution < -0.4 is 16.0 Å². The lowest BCUT2D eigenvalue weighted by Crippen LogP contribution is -2.37. The van der Waals surface area contributed by atoms with Gasteiger partial charge in [0.05, 0.1) is 5.69 Å². The third-order valence-corrected chi connectivity index (χ3v) is 5.18. The first-order chi connectivity index (χ1) is 14.6. The van der Waals surface area contributed by atoms with E-state index < -0.39 is 5.69 Å². The fourth-order valence-corrected chi connectivity index (χ4v) is 3.65. The lowest BCUT2D eigenvalue weighted by Gasteiger charge is -2.10. The van der Waals surface area contributed by atoms with E-state index in [9.17, 15) is 9.59 Å². The number of hydrogen-bond donors (Lipinski definition) is 0. The van der Waals surface area contributed by atoms with E-state index in [1.54, 1.807) is 11.4 Å². The monoisotopic (exact) mass is 401 g/mol. The summed E-state index contributed by atoms with van der Waals surface area (Å²) < 4.78 is 12.1. The van der Waals surface area contributed by atoms with E-state index in [0.29, 0.717) is 16.9 Å². The number of fused-ring (bicyclic) bond motifs is 3. The van der Waals surface area contributed by atoms with Crippen molar-refractivity contribution in [2.45, 2.75) is 6.61 Å². The molecule has 0 saturated heterocycles. The van der Waals surface area contributed by atoms with Gasteiger partial charge in [-0.25, -0.2) is 4.79 Å². The maximum atomic E-state index is 12.9. The van der Waals surface area contributed by atoms with Crippen molar-refractivity contribution >= 4 is 16.9 Å². The Morgan fingerprint density at radius 1 is 0.900 bits per heavy atom. The maximum absolute atomic E-state index is 12.9. The van der Waals surface area contributed by atoms with Crippen molar-refractivity contribution in [3.63, 3.8) is 0 Å². The molecule has 0 aliphatic carbocycles. The Balaban J connectivity index is 1.77. The van der Waals surface area contributed by atoms with Gasteiger partial charge in [0.1, 0.15) is 12.4 Å². The van der Waals surface area contributed by atoms with Crippen LogP contribution in [-0.4, -0.2) is 23.1 Å². The summed E-state index contributed by atoms with van der Waals surface area (Å²) in [5.74, 6) is 1.29. The molecule has 3 heterocycles. The van der Waals surface area contributed by atoms with Crippen LogP contribution in [0.5, 0.6) is 5.75 Å². The van der Waals surface area contributed by atoms with Crippen molar-refractivity contribution in [2.24, 2.45) is 14.1 Å². The molecule has 0 amide bonds. The van der Waals surface area contributed by atoms with Crippen molar-refractivity contribution in [2.75, 3.05) is 0 Å². The zero-order valence-corrected chi connectivity index (χ0v) is 16.5. The summed E-state index contributed by atoms with van der Waals surface area (Å²) in [4.78, 5) is 29.8. The second-order valence-corrected chi connectivity index (χ2v) is 7.05. The van der Waals surface area contributed by atoms with Crippen LogP contribution in [0.4, 0.5) is 0 Å². The molecule has 0 saturated carbocycles. The van der Waals surface area contributed by atoms with Gasteiger partial charge < -0.3 is 4.74 Å². The highest BCUT2D eigenvalue weighted by Crippen LogP contribution is 2.22. The molecule has 30 heavy (non-hydrogen) atoms. The molecule has 2 aromatic carbocycles. The predicted octanol–water partition coefficient (Wildman–Crippen LogP) is 2.25. The lowest BCUT2D eigenvalue weighted by molar-refractivity contribution is 0.299. The molecule has 150 valence electrons. The zero-order valence-electron chi connectivity index (χ0n) is 16.5. The van der Waals surface area contributed by atoms with E-state index >= 15 is 0 Å². The molecule has 5 aromatic rings. The van der Waals surface area contributed by atoms with Crippen molar-refractivity contribution in [3.05, 3.63) is 93.4 Å². The molecule has 0 atom stereocenters. The van der Waals surface area contributed by atoms with Gasteiger partial charge in [-0.2, -0.15) is 4.98 Å². The average molecular weight is 401 g/mol. The van der Waals surface area contributed by atoms with Crippen LogP contribution in [0.25, 0.3) is 22.6 Å². The van der Waals surface area contributed by atoms with Crippen LogP contribution in [0, 0.1) is 0 Å². The van der Waals surface area contributed by atoms with Gasteiger partial charge >= 0.3 is 5.69 Å². The van der Waals surface area contributed by atoms with Crippen LogP contribution in [0.1, 0.15) is 5.69 Å². The van der Waals surface area contributed by atoms with Gasteiger partial charge in [-0.3, -0.25) is 22.9 Å². The van der Waals surface area contributed by atoms with Crippen molar-refractivity contribution in [1.82, 2.24) is 23.1 Å². The van der Waals surface area contributed by atoms with E-state index in [-0.39, 0.29) is 12.2 Å². The molecule has 0 bridgehead atoms. The predicted molar refractivity (Wildman–Crippen MR) is 113 cm³/mol. The smallest absolute Gasteiger partial charge is 0.332 e. The zero-order chi connectivity index (χ0) is 20.8. The number of aromatic nitrogens is 5. The highest BCUT2D eigenvalue weighted by molar-refractivity contribution is 5.76. The number of aryl methyl sites for hydroxylation is 1. The van der Waals surface area contributed by atoms with Gasteiger partial charge in [0.25, 0.3) is 5.56 Å². The molecule has 0 unspecified atom stereocenters. The molecular weight excluding hydrogens is 382 g/mol. The van der Waals surface area contributed by atoms with Crippen molar-refractivity contribution in [1.29, 1.82) is 0 Å². The number of rotatable bonds is 4. The number of benzene rings is 2. The summed E-state index contributed by atoms with van der Waals surface area (Å²) in [5.41, 5.74) is 1.61. The second-order valence-electron chi connectivity index (χ2n) is 7.05. The SMILES string of the molecule is Cn1c(=O)c2c(nc3n(-c4ccccc4)c(COc4ccccc4)cn23)n(C)c1=O. The Morgan fingerprint density at radius 2 is 1.57 bits per heavy atom. The quantitative estimate of drug-likeness (QED) is 0.463. The van der Waals surface area contributed by atoms with Crippen LogP contribution in [0.3, 0.4) is 0 Å². The van der Waals surface area contributed by atoms with Crippen molar-refractivity contribution in [3.8, 4) is 11.4 Å². The highest BCUT2D eigenvalue weighted by Gasteiger charge is 2.21. The summed E-state index contributed by atoms with van der Waals surface area (Å²) in [6.07, 6.45) is 1.84. The largest absolute Gasteiger partial charge is 0.487 e. The molecule has 0 aliphatic heterocycles. The molecule has 5 rings (SSSR count). The highest BCUT2D eigenvalue weighted by atomic mass is 16.5. The van der Waals surface area contributed by atoms with E-state index in [2.05, 4.69) is 4.98 Å². The molecule has 8 nitrogen and oxygen atoms in total. The summed E-state index contributed by atoms with van der Waals surface area (Å²) in [7, 11) is 3.08. The Labute approximate surface area is 170 Å². The van der Waals surface area contributed by atoms with Crippen LogP contribution >= 0.6 is 0 Å². The summed E-state index contributed by atoms with van der Waals surface area (Å²) in [6, 6.07) is 19.3. The minimum absolute atomic E-state index is 0.288. The number of hydrogen-bond acceptors (Lipinski definition) is 4. The number of nitrogens with zero attached hydrogens (tertiary/aromatic N) is 5. The molecule has 3 aromatic heterocycles. The maximum Gasteiger partial charge on any atom is 0.332 e. The van der Waals surface area contributed by atoms with Gasteiger partial charge in [0, 0.05) is 26.0 Å². The van der Waals surface area contributed by atoms with Gasteiger partial charge in [0.15, 0.2) is 11.2 Å². The summed E-state index contributed by atoms with van der Waals surface area (Å²) >= 11 is 0. The summed E-state index contributed by atoms with van der Waals surface area (Å²) in [5, 5.41) is 0. The molecular formula is C22H19N5O3. The van der Waals surface area contributed by atoms with E-state index in [1.807, 2.05) is 71.4 Å². The molecule has 0 aliphatic rings. The Morgan fingerprint density at radius 3 is 2.27 bits per heavy atom. The third-order valence-electron chi connectivity index (χ3n) is 5.18. The number of para-hydroxylation sites is 2. The van der Waals surface area contributed by atoms with Gasteiger partial charge in [-0.05, 0) is 24.3 Å². The lowest BCUT2D eigenvalue weighted by atomic mass is 10.3. The van der Waals surface area contributed by atoms with Crippen LogP contribution in [-0.2, 0) is 20.7 Å². The fourth-order valence-electron chi connectivity index (χ4n) is 3.65. The second kappa shape index (κ2) is 6.77. The topological polar surface area (TPSA) is 75.5 Å². The molecule has 0 spiro atoms. The minimum Gasteiger partial charge on any atom is -0.487 e. The number of imidazole rings is 2. The van der Waals surface area contributed by atoms with Gasteiger partial charge in [0.2, 0.25) is 5.78 Å². The fraction of sp³-hybridized carbons (Fsp3) is 0.136. The van der Waals surface area contributed by atoms with E-state index in [0.717, 1.165) is 21.7 Å². The molecule has 0 fully saturated rings. The van der Waals surface area contributed by atoms with Gasteiger partial charge in [-0.15, -0.1) is 0 Å². The standard InChI is InChI=1S/C22H19N5O3/c1-24-19-18(20(28)25(2)22(24)29)26-13-16(14-30-17-11-7-4-8-12-17)27(21(26)23-19)15-9-5-3-6-10-15/h3-13H,14H2,1-2H3. The Bertz CT molecular complexity index is 1490. The molecule has 8 heteroatoms. The van der Waals surface area contributed by atoms with Crippen LogP contribution in [0.2, 0.25) is 0 Å².